The molecule has 0 fully saturated rings. The Labute approximate surface area is 149 Å². The van der Waals surface area contributed by atoms with E-state index in [0.29, 0.717) is 12.2 Å². The molecule has 1 aromatic carbocycles. The van der Waals surface area contributed by atoms with Gasteiger partial charge in [0, 0.05) is 19.3 Å². The molecular formula is C19H30N2O4. The predicted molar refractivity (Wildman–Crippen MR) is 98.2 cm³/mol. The number of nitrogens with one attached hydrogen (secondary N) is 1. The van der Waals surface area contributed by atoms with Gasteiger partial charge >= 0.3 is 0 Å². The molecule has 0 spiro atoms. The summed E-state index contributed by atoms with van der Waals surface area (Å²) in [5.74, 6) is -1.47. The molecule has 0 saturated carbocycles. The first-order valence-corrected chi connectivity index (χ1v) is 8.91. The lowest BCUT2D eigenvalue weighted by Crippen LogP contribution is -2.48. The minimum absolute atomic E-state index is 0.448. The molecule has 0 heterocycles. The van der Waals surface area contributed by atoms with Gasteiger partial charge in [-0.1, -0.05) is 38.8 Å². The minimum Gasteiger partial charge on any atom is -0.380 e. The fraction of sp³-hybridized carbons (Fsp3) is 0.579. The van der Waals surface area contributed by atoms with Crippen LogP contribution in [0, 0.1) is 0 Å². The van der Waals surface area contributed by atoms with E-state index in [4.69, 9.17) is 0 Å². The highest BCUT2D eigenvalue weighted by atomic mass is 16.3. The van der Waals surface area contributed by atoms with Gasteiger partial charge in [-0.05, 0) is 37.0 Å². The number of hydrogen-bond donors (Lipinski definition) is 3. The van der Waals surface area contributed by atoms with Gasteiger partial charge in [0.1, 0.15) is 0 Å². The molecule has 0 aliphatic heterocycles. The van der Waals surface area contributed by atoms with Gasteiger partial charge in [0.25, 0.3) is 11.8 Å². The van der Waals surface area contributed by atoms with Gasteiger partial charge in [0.2, 0.25) is 0 Å². The summed E-state index contributed by atoms with van der Waals surface area (Å²) in [6.45, 7) is 4.50. The molecule has 2 atom stereocenters. The number of amides is 2. The molecule has 3 N–H and O–H groups in total. The zero-order chi connectivity index (χ0) is 18.8. The molecule has 25 heavy (non-hydrogen) atoms. The Morgan fingerprint density at radius 2 is 1.68 bits per heavy atom. The molecule has 0 radical (unpaired) electrons. The summed E-state index contributed by atoms with van der Waals surface area (Å²) in [5, 5.41) is 22.3. The minimum atomic E-state index is -1.81. The van der Waals surface area contributed by atoms with Crippen LogP contribution in [0.1, 0.15) is 45.1 Å². The van der Waals surface area contributed by atoms with Crippen molar-refractivity contribution in [2.75, 3.05) is 18.9 Å². The van der Waals surface area contributed by atoms with Crippen LogP contribution in [0.25, 0.3) is 0 Å². The van der Waals surface area contributed by atoms with Crippen LogP contribution in [0.5, 0.6) is 0 Å². The Hall–Kier alpha value is -1.92. The summed E-state index contributed by atoms with van der Waals surface area (Å²) in [4.78, 5) is 25.3. The van der Waals surface area contributed by atoms with Gasteiger partial charge in [-0.25, -0.2) is 0 Å². The van der Waals surface area contributed by atoms with Crippen LogP contribution < -0.4 is 5.32 Å². The van der Waals surface area contributed by atoms with Gasteiger partial charge in [-0.15, -0.1) is 0 Å². The standard InChI is InChI=1S/C19H30N2O4/c1-4-6-7-8-14-9-11-15(12-10-14)20-18(24)16(22)17(23)19(25)21(3)13-5-2/h9-12,16-17,22-23H,4-8,13H2,1-3H3,(H,20,24). The van der Waals surface area contributed by atoms with E-state index >= 15 is 0 Å². The number of aryl methyl sites for hydroxylation is 1. The van der Waals surface area contributed by atoms with Gasteiger partial charge in [-0.3, -0.25) is 9.59 Å². The van der Waals surface area contributed by atoms with Crippen LogP contribution in [0.15, 0.2) is 24.3 Å². The average Bonchev–Trinajstić information content (AvgIpc) is 2.61. The van der Waals surface area contributed by atoms with Crippen molar-refractivity contribution in [2.24, 2.45) is 0 Å². The van der Waals surface area contributed by atoms with Crippen LogP contribution in [-0.4, -0.2) is 52.7 Å². The quantitative estimate of drug-likeness (QED) is 0.563. The van der Waals surface area contributed by atoms with Gasteiger partial charge < -0.3 is 20.4 Å². The SMILES string of the molecule is CCCCCc1ccc(NC(=O)C(O)C(O)C(=O)N(C)CCC)cc1. The highest BCUT2D eigenvalue weighted by Gasteiger charge is 2.32. The Morgan fingerprint density at radius 1 is 1.04 bits per heavy atom. The maximum atomic E-state index is 12.0. The van der Waals surface area contributed by atoms with Crippen molar-refractivity contribution >= 4 is 17.5 Å². The lowest BCUT2D eigenvalue weighted by atomic mass is 10.1. The predicted octanol–water partition coefficient (Wildman–Crippen LogP) is 1.95. The van der Waals surface area contributed by atoms with E-state index in [1.807, 2.05) is 19.1 Å². The van der Waals surface area contributed by atoms with Crippen LogP contribution in [0.2, 0.25) is 0 Å². The van der Waals surface area contributed by atoms with Crippen LogP contribution in [0.4, 0.5) is 5.69 Å². The summed E-state index contributed by atoms with van der Waals surface area (Å²) in [6.07, 6.45) is 1.61. The number of nitrogens with zero attached hydrogens (tertiary/aromatic N) is 1. The Balaban J connectivity index is 2.58. The third kappa shape index (κ3) is 6.84. The van der Waals surface area contributed by atoms with Crippen LogP contribution in [0.3, 0.4) is 0 Å². The third-order valence-corrected chi connectivity index (χ3v) is 4.05. The molecule has 2 amide bonds. The Bertz CT molecular complexity index is 545. The van der Waals surface area contributed by atoms with E-state index in [2.05, 4.69) is 12.2 Å². The Morgan fingerprint density at radius 3 is 2.24 bits per heavy atom. The highest BCUT2D eigenvalue weighted by molar-refractivity contribution is 5.98. The molecule has 6 nitrogen and oxygen atoms in total. The van der Waals surface area contributed by atoms with Crippen molar-refractivity contribution in [1.29, 1.82) is 0 Å². The summed E-state index contributed by atoms with van der Waals surface area (Å²) in [6, 6.07) is 7.36. The topological polar surface area (TPSA) is 89.9 Å². The highest BCUT2D eigenvalue weighted by Crippen LogP contribution is 2.13. The smallest absolute Gasteiger partial charge is 0.256 e. The molecule has 1 rings (SSSR count). The normalized spacial score (nSPS) is 13.2. The molecule has 1 aromatic rings. The van der Waals surface area contributed by atoms with Crippen molar-refractivity contribution in [1.82, 2.24) is 4.90 Å². The molecular weight excluding hydrogens is 320 g/mol. The zero-order valence-electron chi connectivity index (χ0n) is 15.4. The third-order valence-electron chi connectivity index (χ3n) is 4.05. The monoisotopic (exact) mass is 350 g/mol. The number of carbonyl (C=O) groups excluding carboxylic acids is 2. The fourth-order valence-corrected chi connectivity index (χ4v) is 2.50. The maximum Gasteiger partial charge on any atom is 0.256 e. The molecule has 0 aliphatic carbocycles. The Kier molecular flexibility index (Phi) is 9.16. The molecule has 2 unspecified atom stereocenters. The number of hydrogen-bond acceptors (Lipinski definition) is 4. The summed E-state index contributed by atoms with van der Waals surface area (Å²) >= 11 is 0. The lowest BCUT2D eigenvalue weighted by Gasteiger charge is -2.22. The number of rotatable bonds is 10. The summed E-state index contributed by atoms with van der Waals surface area (Å²) in [7, 11) is 1.52. The first kappa shape index (κ1) is 21.1. The molecule has 0 aromatic heterocycles. The van der Waals surface area contributed by atoms with E-state index in [1.165, 1.54) is 30.4 Å². The summed E-state index contributed by atoms with van der Waals surface area (Å²) in [5.41, 5.74) is 1.70. The van der Waals surface area contributed by atoms with E-state index in [-0.39, 0.29) is 0 Å². The maximum absolute atomic E-state index is 12.0. The second kappa shape index (κ2) is 10.8. The van der Waals surface area contributed by atoms with Crippen molar-refractivity contribution in [3.05, 3.63) is 29.8 Å². The first-order valence-electron chi connectivity index (χ1n) is 8.91. The van der Waals surface area contributed by atoms with Crippen molar-refractivity contribution in [3.63, 3.8) is 0 Å². The molecule has 0 bridgehead atoms. The van der Waals surface area contributed by atoms with Crippen molar-refractivity contribution in [2.45, 2.75) is 58.2 Å². The number of unbranched alkanes of at least 4 members (excludes halogenated alkanes) is 2. The van der Waals surface area contributed by atoms with Gasteiger partial charge in [0.05, 0.1) is 0 Å². The number of aliphatic hydroxyl groups excluding tert-OH is 2. The van der Waals surface area contributed by atoms with E-state index < -0.39 is 24.0 Å². The second-order valence-corrected chi connectivity index (χ2v) is 6.29. The molecule has 140 valence electrons. The van der Waals surface area contributed by atoms with E-state index in [9.17, 15) is 19.8 Å². The number of aliphatic hydroxyl groups is 2. The van der Waals surface area contributed by atoms with Crippen molar-refractivity contribution < 1.29 is 19.8 Å². The zero-order valence-corrected chi connectivity index (χ0v) is 15.4. The first-order chi connectivity index (χ1) is 11.9. The molecule has 6 heteroatoms. The number of benzene rings is 1. The van der Waals surface area contributed by atoms with Crippen LogP contribution >= 0.6 is 0 Å². The molecule has 0 saturated heterocycles. The average molecular weight is 350 g/mol. The number of carbonyl (C=O) groups is 2. The second-order valence-electron chi connectivity index (χ2n) is 6.29. The van der Waals surface area contributed by atoms with Crippen molar-refractivity contribution in [3.8, 4) is 0 Å². The van der Waals surface area contributed by atoms with Gasteiger partial charge in [0.15, 0.2) is 12.2 Å². The van der Waals surface area contributed by atoms with Crippen LogP contribution in [-0.2, 0) is 16.0 Å². The number of likely N-dealkylation sites (N-methyl/N-ethyl adjacent to an activating group) is 1. The largest absolute Gasteiger partial charge is 0.380 e. The van der Waals surface area contributed by atoms with E-state index in [1.54, 1.807) is 12.1 Å². The lowest BCUT2D eigenvalue weighted by molar-refractivity contribution is -0.150. The van der Waals surface area contributed by atoms with E-state index in [0.717, 1.165) is 19.3 Å². The fourth-order valence-electron chi connectivity index (χ4n) is 2.50. The molecule has 0 aliphatic rings. The number of anilines is 1. The summed E-state index contributed by atoms with van der Waals surface area (Å²) < 4.78 is 0. The van der Waals surface area contributed by atoms with Gasteiger partial charge in [-0.2, -0.15) is 0 Å².